The summed E-state index contributed by atoms with van der Waals surface area (Å²) in [6, 6.07) is 0. The molecule has 1 aromatic rings. The zero-order chi connectivity index (χ0) is 17.9. The van der Waals surface area contributed by atoms with Gasteiger partial charge in [-0.3, -0.25) is 14.6 Å². The van der Waals surface area contributed by atoms with Gasteiger partial charge in [-0.1, -0.05) is 0 Å². The molecule has 1 aromatic heterocycles. The van der Waals surface area contributed by atoms with Crippen LogP contribution < -0.4 is 5.32 Å². The number of aromatic nitrogens is 2. The molecule has 0 amide bonds. The molecule has 2 aliphatic heterocycles. The van der Waals surface area contributed by atoms with Crippen LogP contribution in [0.2, 0.25) is 0 Å². The van der Waals surface area contributed by atoms with Crippen LogP contribution in [0.3, 0.4) is 0 Å². The molecule has 7 nitrogen and oxygen atoms in total. The molecule has 2 saturated heterocycles. The summed E-state index contributed by atoms with van der Waals surface area (Å²) in [6.07, 6.45) is 5.27. The van der Waals surface area contributed by atoms with Gasteiger partial charge in [-0.2, -0.15) is 5.10 Å². The van der Waals surface area contributed by atoms with E-state index in [1.807, 2.05) is 25.0 Å². The molecule has 0 saturated carbocycles. The van der Waals surface area contributed by atoms with Crippen LogP contribution in [-0.2, 0) is 11.8 Å². The third kappa shape index (κ3) is 4.33. The Morgan fingerprint density at radius 3 is 2.76 bits per heavy atom. The molecule has 2 aliphatic rings. The molecule has 0 aromatic carbocycles. The highest BCUT2D eigenvalue weighted by Gasteiger charge is 2.31. The number of nitrogens with zero attached hydrogens (tertiary/aromatic N) is 5. The normalized spacial score (nSPS) is 23.3. The fraction of sp³-hybridized carbons (Fsp3) is 0.778. The summed E-state index contributed by atoms with van der Waals surface area (Å²) in [6.45, 7) is 11.2. The Morgan fingerprint density at radius 1 is 1.36 bits per heavy atom. The van der Waals surface area contributed by atoms with Crippen molar-refractivity contribution < 1.29 is 4.74 Å². The molecule has 0 bridgehead atoms. The molecule has 1 atom stereocenters. The molecule has 25 heavy (non-hydrogen) atoms. The van der Waals surface area contributed by atoms with Crippen LogP contribution in [0.25, 0.3) is 0 Å². The lowest BCUT2D eigenvalue weighted by molar-refractivity contribution is -0.00846. The average Bonchev–Trinajstić information content (AvgIpc) is 3.25. The van der Waals surface area contributed by atoms with Gasteiger partial charge >= 0.3 is 0 Å². The first-order valence-electron chi connectivity index (χ1n) is 9.26. The van der Waals surface area contributed by atoms with Gasteiger partial charge in [0.2, 0.25) is 0 Å². The summed E-state index contributed by atoms with van der Waals surface area (Å²) in [5.74, 6) is 1.55. The number of hydrogen-bond donors (Lipinski definition) is 1. The third-order valence-electron chi connectivity index (χ3n) is 5.44. The van der Waals surface area contributed by atoms with Crippen molar-refractivity contribution in [3.05, 3.63) is 18.0 Å². The highest BCUT2D eigenvalue weighted by molar-refractivity contribution is 5.80. The maximum Gasteiger partial charge on any atom is 0.193 e. The number of morpholine rings is 1. The molecule has 3 rings (SSSR count). The van der Waals surface area contributed by atoms with Gasteiger partial charge in [-0.25, -0.2) is 0 Å². The second-order valence-corrected chi connectivity index (χ2v) is 7.69. The van der Waals surface area contributed by atoms with E-state index in [9.17, 15) is 0 Å². The van der Waals surface area contributed by atoms with Crippen LogP contribution in [0.5, 0.6) is 0 Å². The molecule has 7 heteroatoms. The zero-order valence-corrected chi connectivity index (χ0v) is 16.0. The van der Waals surface area contributed by atoms with E-state index >= 15 is 0 Å². The van der Waals surface area contributed by atoms with Crippen molar-refractivity contribution in [3.63, 3.8) is 0 Å². The van der Waals surface area contributed by atoms with Gasteiger partial charge in [-0.05, 0) is 25.8 Å². The van der Waals surface area contributed by atoms with Crippen LogP contribution >= 0.6 is 0 Å². The summed E-state index contributed by atoms with van der Waals surface area (Å²) < 4.78 is 7.36. The van der Waals surface area contributed by atoms with E-state index in [1.54, 1.807) is 0 Å². The predicted octanol–water partition coefficient (Wildman–Crippen LogP) is 0.896. The van der Waals surface area contributed by atoms with E-state index in [-0.39, 0.29) is 5.54 Å². The van der Waals surface area contributed by atoms with Crippen molar-refractivity contribution in [1.29, 1.82) is 0 Å². The van der Waals surface area contributed by atoms with Crippen LogP contribution in [0.15, 0.2) is 17.4 Å². The molecule has 1 N–H and O–H groups in total. The molecular formula is C18H32N6O. The first kappa shape index (κ1) is 18.2. The number of nitrogens with one attached hydrogen (secondary N) is 1. The zero-order valence-electron chi connectivity index (χ0n) is 16.0. The summed E-state index contributed by atoms with van der Waals surface area (Å²) in [4.78, 5) is 9.39. The van der Waals surface area contributed by atoms with Gasteiger partial charge < -0.3 is 15.0 Å². The van der Waals surface area contributed by atoms with Crippen molar-refractivity contribution in [1.82, 2.24) is 24.9 Å². The summed E-state index contributed by atoms with van der Waals surface area (Å²) in [7, 11) is 3.85. The summed E-state index contributed by atoms with van der Waals surface area (Å²) >= 11 is 0. The quantitative estimate of drug-likeness (QED) is 0.647. The van der Waals surface area contributed by atoms with E-state index in [1.165, 1.54) is 5.56 Å². The summed E-state index contributed by atoms with van der Waals surface area (Å²) in [5.41, 5.74) is 1.41. The smallest absolute Gasteiger partial charge is 0.193 e. The molecule has 1 unspecified atom stereocenters. The number of hydrogen-bond acceptors (Lipinski definition) is 4. The second-order valence-electron chi connectivity index (χ2n) is 7.69. The number of likely N-dealkylation sites (tertiary alicyclic amines) is 1. The maximum absolute atomic E-state index is 5.48. The van der Waals surface area contributed by atoms with Crippen molar-refractivity contribution in [2.24, 2.45) is 12.0 Å². The lowest BCUT2D eigenvalue weighted by Crippen LogP contribution is -2.56. The minimum absolute atomic E-state index is 0.0855. The predicted molar refractivity (Wildman–Crippen MR) is 100.0 cm³/mol. The van der Waals surface area contributed by atoms with Crippen molar-refractivity contribution in [2.75, 3.05) is 53.0 Å². The molecule has 0 spiro atoms. The molecule has 2 fully saturated rings. The van der Waals surface area contributed by atoms with Gasteiger partial charge in [-0.15, -0.1) is 0 Å². The number of aliphatic imine (C=N–C) groups is 1. The lowest BCUT2D eigenvalue weighted by atomic mass is 10.0. The number of ether oxygens (including phenoxy) is 1. The molecular weight excluding hydrogens is 316 g/mol. The topological polar surface area (TPSA) is 57.9 Å². The largest absolute Gasteiger partial charge is 0.379 e. The number of rotatable bonds is 4. The van der Waals surface area contributed by atoms with Crippen molar-refractivity contribution >= 4 is 5.96 Å². The van der Waals surface area contributed by atoms with Crippen LogP contribution in [0, 0.1) is 0 Å². The Labute approximate surface area is 151 Å². The number of aryl methyl sites for hydroxylation is 1. The van der Waals surface area contributed by atoms with Gasteiger partial charge in [0.05, 0.1) is 19.4 Å². The molecule has 0 aliphatic carbocycles. The van der Waals surface area contributed by atoms with Gasteiger partial charge in [0.1, 0.15) is 0 Å². The first-order valence-corrected chi connectivity index (χ1v) is 9.26. The van der Waals surface area contributed by atoms with Crippen LogP contribution in [-0.4, -0.2) is 84.1 Å². The Bertz CT molecular complexity index is 590. The van der Waals surface area contributed by atoms with Crippen molar-refractivity contribution in [2.45, 2.75) is 31.7 Å². The molecule has 0 radical (unpaired) electrons. The SMILES string of the molecule is CN=C(NCC(C)(C)N1CCOCC1)N1CCC(c2cnn(C)c2)C1. The molecule has 3 heterocycles. The monoisotopic (exact) mass is 348 g/mol. The Balaban J connectivity index is 1.54. The third-order valence-corrected chi connectivity index (χ3v) is 5.44. The standard InChI is InChI=1S/C18H32N6O/c1-18(2,24-7-9-25-10-8-24)14-20-17(19-3)23-6-5-15(13-23)16-11-21-22(4)12-16/h11-12,15H,5-10,13-14H2,1-4H3,(H,19,20). The van der Waals surface area contributed by atoms with E-state index < -0.39 is 0 Å². The first-order chi connectivity index (χ1) is 12.0. The Morgan fingerprint density at radius 2 is 2.12 bits per heavy atom. The van der Waals surface area contributed by atoms with Gasteiger partial charge in [0, 0.05) is 64.5 Å². The highest BCUT2D eigenvalue weighted by atomic mass is 16.5. The van der Waals surface area contributed by atoms with E-state index in [4.69, 9.17) is 4.74 Å². The lowest BCUT2D eigenvalue weighted by Gasteiger charge is -2.41. The highest BCUT2D eigenvalue weighted by Crippen LogP contribution is 2.26. The van der Waals surface area contributed by atoms with E-state index in [2.05, 4.69) is 45.3 Å². The summed E-state index contributed by atoms with van der Waals surface area (Å²) in [5, 5.41) is 7.91. The molecule has 140 valence electrons. The van der Waals surface area contributed by atoms with Gasteiger partial charge in [0.25, 0.3) is 0 Å². The Kier molecular flexibility index (Phi) is 5.64. The van der Waals surface area contributed by atoms with Crippen LogP contribution in [0.4, 0.5) is 0 Å². The fourth-order valence-corrected chi connectivity index (χ4v) is 3.78. The van der Waals surface area contributed by atoms with Crippen LogP contribution in [0.1, 0.15) is 31.7 Å². The average molecular weight is 348 g/mol. The Hall–Kier alpha value is -1.60. The van der Waals surface area contributed by atoms with E-state index in [0.717, 1.165) is 58.3 Å². The van der Waals surface area contributed by atoms with E-state index in [0.29, 0.717) is 5.92 Å². The fourth-order valence-electron chi connectivity index (χ4n) is 3.78. The minimum atomic E-state index is 0.0855. The van der Waals surface area contributed by atoms with Gasteiger partial charge in [0.15, 0.2) is 5.96 Å². The number of guanidine groups is 1. The maximum atomic E-state index is 5.48. The minimum Gasteiger partial charge on any atom is -0.379 e. The second kappa shape index (κ2) is 7.74. The van der Waals surface area contributed by atoms with Crippen molar-refractivity contribution in [3.8, 4) is 0 Å².